The second kappa shape index (κ2) is 7.82. The Bertz CT molecular complexity index is 600. The maximum Gasteiger partial charge on any atom is 0.120 e. The molecule has 0 aliphatic carbocycles. The van der Waals surface area contributed by atoms with Crippen LogP contribution >= 0.6 is 0 Å². The highest BCUT2D eigenvalue weighted by Gasteiger charge is 2.15. The molecule has 2 rings (SSSR count). The van der Waals surface area contributed by atoms with Crippen LogP contribution in [0, 0.1) is 0 Å². The maximum absolute atomic E-state index is 10.3. The molecule has 0 aliphatic heterocycles. The van der Waals surface area contributed by atoms with Crippen molar-refractivity contribution < 1.29 is 14.9 Å². The number of nitrogens with one attached hydrogen (secondary N) is 1. The fourth-order valence-electron chi connectivity index (χ4n) is 2.48. The van der Waals surface area contributed by atoms with Crippen LogP contribution in [0.4, 0.5) is 0 Å². The van der Waals surface area contributed by atoms with E-state index < -0.39 is 6.10 Å². The number of phenolic OH excluding ortho intramolecular Hbond substituents is 1. The van der Waals surface area contributed by atoms with E-state index in [1.807, 2.05) is 43.3 Å². The van der Waals surface area contributed by atoms with Gasteiger partial charge in [-0.1, -0.05) is 37.3 Å². The molecule has 0 bridgehead atoms. The minimum Gasteiger partial charge on any atom is -0.508 e. The molecule has 4 heteroatoms. The van der Waals surface area contributed by atoms with Crippen molar-refractivity contribution in [3.63, 3.8) is 0 Å². The van der Waals surface area contributed by atoms with Crippen molar-refractivity contribution in [2.24, 2.45) is 0 Å². The first-order valence-electron chi connectivity index (χ1n) is 7.49. The van der Waals surface area contributed by atoms with Gasteiger partial charge in [0, 0.05) is 18.2 Å². The summed E-state index contributed by atoms with van der Waals surface area (Å²) in [6.45, 7) is 2.45. The highest BCUT2D eigenvalue weighted by Crippen LogP contribution is 2.26. The van der Waals surface area contributed by atoms with Gasteiger partial charge in [-0.15, -0.1) is 0 Å². The smallest absolute Gasteiger partial charge is 0.120 e. The van der Waals surface area contributed by atoms with Crippen LogP contribution in [0.2, 0.25) is 0 Å². The molecule has 2 aromatic rings. The Morgan fingerprint density at radius 1 is 1.14 bits per heavy atom. The molecule has 0 spiro atoms. The molecule has 3 N–H and O–H groups in total. The standard InChI is InChI=1S/C18H23NO3/c1-3-16(15-9-4-5-10-17(15)20)19-12-18(21)13-7-6-8-14(11-13)22-2/h4-11,16,18-21H,3,12H2,1-2H3. The van der Waals surface area contributed by atoms with E-state index in [0.717, 1.165) is 23.3 Å². The number of aliphatic hydroxyl groups excluding tert-OH is 1. The summed E-state index contributed by atoms with van der Waals surface area (Å²) >= 11 is 0. The fraction of sp³-hybridized carbons (Fsp3) is 0.333. The number of benzene rings is 2. The summed E-state index contributed by atoms with van der Waals surface area (Å²) in [6, 6.07) is 14.7. The summed E-state index contributed by atoms with van der Waals surface area (Å²) in [5.41, 5.74) is 1.65. The van der Waals surface area contributed by atoms with Crippen molar-refractivity contribution in [3.05, 3.63) is 59.7 Å². The molecule has 0 aromatic heterocycles. The Morgan fingerprint density at radius 2 is 1.91 bits per heavy atom. The zero-order valence-corrected chi connectivity index (χ0v) is 13.0. The Morgan fingerprint density at radius 3 is 2.59 bits per heavy atom. The quantitative estimate of drug-likeness (QED) is 0.735. The molecule has 0 radical (unpaired) electrons. The second-order valence-corrected chi connectivity index (χ2v) is 5.22. The zero-order valence-electron chi connectivity index (χ0n) is 13.0. The van der Waals surface area contributed by atoms with Gasteiger partial charge in [-0.25, -0.2) is 0 Å². The van der Waals surface area contributed by atoms with Crippen molar-refractivity contribution in [2.45, 2.75) is 25.5 Å². The summed E-state index contributed by atoms with van der Waals surface area (Å²) in [5, 5.41) is 23.6. The van der Waals surface area contributed by atoms with E-state index in [9.17, 15) is 10.2 Å². The second-order valence-electron chi connectivity index (χ2n) is 5.22. The number of rotatable bonds is 7. The Labute approximate surface area is 131 Å². The number of aliphatic hydroxyl groups is 1. The SMILES string of the molecule is CCC(NCC(O)c1cccc(OC)c1)c1ccccc1O. The number of aromatic hydroxyl groups is 1. The largest absolute Gasteiger partial charge is 0.508 e. The molecule has 0 aliphatic rings. The number of hydrogen-bond acceptors (Lipinski definition) is 4. The lowest BCUT2D eigenvalue weighted by molar-refractivity contribution is 0.168. The van der Waals surface area contributed by atoms with Crippen LogP contribution in [0.1, 0.15) is 36.6 Å². The van der Waals surface area contributed by atoms with Crippen molar-refractivity contribution in [1.29, 1.82) is 0 Å². The molecule has 0 saturated carbocycles. The van der Waals surface area contributed by atoms with Crippen molar-refractivity contribution in [3.8, 4) is 11.5 Å². The Balaban J connectivity index is 2.02. The molecule has 0 saturated heterocycles. The minimum atomic E-state index is -0.630. The lowest BCUT2D eigenvalue weighted by Gasteiger charge is -2.21. The lowest BCUT2D eigenvalue weighted by atomic mass is 10.0. The van der Waals surface area contributed by atoms with Gasteiger partial charge in [-0.2, -0.15) is 0 Å². The van der Waals surface area contributed by atoms with E-state index >= 15 is 0 Å². The number of methoxy groups -OCH3 is 1. The highest BCUT2D eigenvalue weighted by atomic mass is 16.5. The van der Waals surface area contributed by atoms with Crippen molar-refractivity contribution >= 4 is 0 Å². The summed E-state index contributed by atoms with van der Waals surface area (Å²) in [4.78, 5) is 0. The van der Waals surface area contributed by atoms with Crippen LogP contribution < -0.4 is 10.1 Å². The van der Waals surface area contributed by atoms with E-state index in [2.05, 4.69) is 5.32 Å². The Hall–Kier alpha value is -2.04. The zero-order chi connectivity index (χ0) is 15.9. The molecular formula is C18H23NO3. The van der Waals surface area contributed by atoms with Gasteiger partial charge in [0.2, 0.25) is 0 Å². The number of phenols is 1. The van der Waals surface area contributed by atoms with Gasteiger partial charge < -0.3 is 20.3 Å². The molecule has 22 heavy (non-hydrogen) atoms. The van der Waals surface area contributed by atoms with Gasteiger partial charge >= 0.3 is 0 Å². The van der Waals surface area contributed by atoms with Crippen LogP contribution in [0.5, 0.6) is 11.5 Å². The average molecular weight is 301 g/mol. The van der Waals surface area contributed by atoms with E-state index in [1.165, 1.54) is 0 Å². The molecule has 2 atom stereocenters. The van der Waals surface area contributed by atoms with Crippen LogP contribution in [0.15, 0.2) is 48.5 Å². The molecule has 4 nitrogen and oxygen atoms in total. The lowest BCUT2D eigenvalue weighted by Crippen LogP contribution is -2.26. The third kappa shape index (κ3) is 4.00. The highest BCUT2D eigenvalue weighted by molar-refractivity contribution is 5.34. The summed E-state index contributed by atoms with van der Waals surface area (Å²) in [5.74, 6) is 1.00. The summed E-state index contributed by atoms with van der Waals surface area (Å²) in [7, 11) is 1.61. The van der Waals surface area contributed by atoms with Gasteiger partial charge in [-0.3, -0.25) is 0 Å². The molecule has 0 heterocycles. The van der Waals surface area contributed by atoms with Gasteiger partial charge in [0.05, 0.1) is 13.2 Å². The van der Waals surface area contributed by atoms with Gasteiger partial charge in [-0.05, 0) is 30.2 Å². The molecule has 2 aromatic carbocycles. The first-order chi connectivity index (χ1) is 10.7. The molecular weight excluding hydrogens is 278 g/mol. The van der Waals surface area contributed by atoms with E-state index in [4.69, 9.17) is 4.74 Å². The average Bonchev–Trinajstić information content (AvgIpc) is 2.56. The number of ether oxygens (including phenoxy) is 1. The van der Waals surface area contributed by atoms with Crippen LogP contribution in [0.25, 0.3) is 0 Å². The fourth-order valence-corrected chi connectivity index (χ4v) is 2.48. The van der Waals surface area contributed by atoms with Crippen molar-refractivity contribution in [1.82, 2.24) is 5.32 Å². The first-order valence-corrected chi connectivity index (χ1v) is 7.49. The van der Waals surface area contributed by atoms with E-state index in [1.54, 1.807) is 19.2 Å². The van der Waals surface area contributed by atoms with Gasteiger partial charge in [0.25, 0.3) is 0 Å². The number of para-hydroxylation sites is 1. The first kappa shape index (κ1) is 16.3. The van der Waals surface area contributed by atoms with Crippen LogP contribution in [0.3, 0.4) is 0 Å². The Kier molecular flexibility index (Phi) is 5.81. The predicted octanol–water partition coefficient (Wildman–Crippen LogP) is 3.18. The van der Waals surface area contributed by atoms with Crippen molar-refractivity contribution in [2.75, 3.05) is 13.7 Å². The summed E-state index contributed by atoms with van der Waals surface area (Å²) < 4.78 is 5.17. The monoisotopic (exact) mass is 301 g/mol. The van der Waals surface area contributed by atoms with E-state index in [-0.39, 0.29) is 11.8 Å². The minimum absolute atomic E-state index is 0.00135. The molecule has 118 valence electrons. The molecule has 0 fully saturated rings. The summed E-state index contributed by atoms with van der Waals surface area (Å²) in [6.07, 6.45) is 0.192. The maximum atomic E-state index is 10.3. The predicted molar refractivity (Wildman–Crippen MR) is 87.1 cm³/mol. The van der Waals surface area contributed by atoms with E-state index in [0.29, 0.717) is 6.54 Å². The topological polar surface area (TPSA) is 61.7 Å². The van der Waals surface area contributed by atoms with Crippen LogP contribution in [-0.4, -0.2) is 23.9 Å². The van der Waals surface area contributed by atoms with Crippen LogP contribution in [-0.2, 0) is 0 Å². The molecule has 0 amide bonds. The van der Waals surface area contributed by atoms with Gasteiger partial charge in [0.15, 0.2) is 0 Å². The van der Waals surface area contributed by atoms with Gasteiger partial charge in [0.1, 0.15) is 11.5 Å². The normalized spacial score (nSPS) is 13.6. The molecule has 2 unspecified atom stereocenters. The third-order valence-corrected chi connectivity index (χ3v) is 3.76. The third-order valence-electron chi connectivity index (χ3n) is 3.76. The number of hydrogen-bond donors (Lipinski definition) is 3.